The molecule has 1 aromatic carbocycles. The van der Waals surface area contributed by atoms with Gasteiger partial charge < -0.3 is 16.4 Å². The first-order chi connectivity index (χ1) is 12.5. The lowest BCUT2D eigenvalue weighted by Gasteiger charge is -2.16. The van der Waals surface area contributed by atoms with Gasteiger partial charge in [-0.15, -0.1) is 0 Å². The van der Waals surface area contributed by atoms with Gasteiger partial charge in [-0.1, -0.05) is 23.7 Å². The molecule has 4 N–H and O–H groups in total. The van der Waals surface area contributed by atoms with Crippen LogP contribution in [0.25, 0.3) is 0 Å². The van der Waals surface area contributed by atoms with Crippen LogP contribution in [0.3, 0.4) is 0 Å². The lowest BCUT2D eigenvalue weighted by atomic mass is 10.1. The molecule has 3 aromatic rings. The highest BCUT2D eigenvalue weighted by Gasteiger charge is 2.10. The van der Waals surface area contributed by atoms with E-state index in [1.54, 1.807) is 12.3 Å². The number of benzene rings is 1. The van der Waals surface area contributed by atoms with E-state index in [0.29, 0.717) is 27.9 Å². The summed E-state index contributed by atoms with van der Waals surface area (Å²) in [7, 11) is 0. The number of nitrogens with one attached hydrogen (secondary N) is 2. The molecule has 2 aromatic heterocycles. The fourth-order valence-corrected chi connectivity index (χ4v) is 2.54. The van der Waals surface area contributed by atoms with Crippen LogP contribution >= 0.6 is 11.6 Å². The summed E-state index contributed by atoms with van der Waals surface area (Å²) in [5, 5.41) is 6.38. The zero-order valence-corrected chi connectivity index (χ0v) is 14.7. The second-order valence-electron chi connectivity index (χ2n) is 5.68. The van der Waals surface area contributed by atoms with Crippen molar-refractivity contribution in [2.24, 2.45) is 0 Å². The van der Waals surface area contributed by atoms with Crippen molar-refractivity contribution in [2.45, 2.75) is 13.0 Å². The second kappa shape index (κ2) is 7.79. The molecule has 0 unspecified atom stereocenters. The standard InChI is InChI=1S/C18H17ClN6O/c1-11(23-17-10-22-9-16(19)25-17)12-3-2-4-15(6-12)24-18(26)13-5-14(20)8-21-7-13/h2-11H,20H2,1H3,(H,23,25)(H,24,26)/t11-/m0/s1. The van der Waals surface area contributed by atoms with Crippen LogP contribution in [0.1, 0.15) is 28.9 Å². The zero-order chi connectivity index (χ0) is 18.5. The number of carbonyl (C=O) groups is 1. The summed E-state index contributed by atoms with van der Waals surface area (Å²) in [5.41, 5.74) is 8.14. The fourth-order valence-electron chi connectivity index (χ4n) is 2.39. The van der Waals surface area contributed by atoms with Crippen LogP contribution < -0.4 is 16.4 Å². The number of carbonyl (C=O) groups excluding carboxylic acids is 1. The Balaban J connectivity index is 1.72. The molecule has 1 amide bonds. The van der Waals surface area contributed by atoms with E-state index in [4.69, 9.17) is 17.3 Å². The van der Waals surface area contributed by atoms with E-state index in [1.165, 1.54) is 18.6 Å². The molecule has 0 aliphatic rings. The molecular weight excluding hydrogens is 352 g/mol. The maximum absolute atomic E-state index is 12.3. The zero-order valence-electron chi connectivity index (χ0n) is 14.0. The maximum Gasteiger partial charge on any atom is 0.257 e. The highest BCUT2D eigenvalue weighted by molar-refractivity contribution is 6.29. The van der Waals surface area contributed by atoms with Crippen LogP contribution in [0.4, 0.5) is 17.2 Å². The molecule has 0 bridgehead atoms. The number of nitrogen functional groups attached to an aromatic ring is 1. The van der Waals surface area contributed by atoms with Crippen molar-refractivity contribution in [2.75, 3.05) is 16.4 Å². The van der Waals surface area contributed by atoms with E-state index in [-0.39, 0.29) is 11.9 Å². The predicted octanol–water partition coefficient (Wildman–Crippen LogP) is 3.53. The van der Waals surface area contributed by atoms with Gasteiger partial charge in [-0.05, 0) is 30.7 Å². The molecule has 8 heteroatoms. The quantitative estimate of drug-likeness (QED) is 0.636. The van der Waals surface area contributed by atoms with E-state index in [1.807, 2.05) is 31.2 Å². The van der Waals surface area contributed by atoms with Gasteiger partial charge in [-0.25, -0.2) is 4.98 Å². The van der Waals surface area contributed by atoms with Crippen LogP contribution in [0.15, 0.2) is 55.1 Å². The molecule has 26 heavy (non-hydrogen) atoms. The molecule has 1 atom stereocenters. The van der Waals surface area contributed by atoms with Crippen molar-refractivity contribution in [1.29, 1.82) is 0 Å². The van der Waals surface area contributed by atoms with Crippen molar-refractivity contribution >= 4 is 34.7 Å². The average Bonchev–Trinajstić information content (AvgIpc) is 2.62. The molecule has 0 saturated heterocycles. The Morgan fingerprint density at radius 1 is 1.15 bits per heavy atom. The lowest BCUT2D eigenvalue weighted by molar-refractivity contribution is 0.102. The number of pyridine rings is 1. The number of amides is 1. The summed E-state index contributed by atoms with van der Waals surface area (Å²) in [5.74, 6) is 0.300. The topological polar surface area (TPSA) is 106 Å². The highest BCUT2D eigenvalue weighted by atomic mass is 35.5. The van der Waals surface area contributed by atoms with E-state index >= 15 is 0 Å². The van der Waals surface area contributed by atoms with Gasteiger partial charge in [0.1, 0.15) is 11.0 Å². The second-order valence-corrected chi connectivity index (χ2v) is 6.07. The molecule has 0 spiro atoms. The van der Waals surface area contributed by atoms with Crippen LogP contribution in [0, 0.1) is 0 Å². The summed E-state index contributed by atoms with van der Waals surface area (Å²) < 4.78 is 0. The Morgan fingerprint density at radius 3 is 2.73 bits per heavy atom. The van der Waals surface area contributed by atoms with Crippen molar-refractivity contribution in [3.63, 3.8) is 0 Å². The van der Waals surface area contributed by atoms with E-state index < -0.39 is 0 Å². The minimum Gasteiger partial charge on any atom is -0.397 e. The molecule has 3 rings (SSSR count). The number of nitrogens with zero attached hydrogens (tertiary/aromatic N) is 3. The number of hydrogen-bond acceptors (Lipinski definition) is 6. The molecule has 0 radical (unpaired) electrons. The first-order valence-corrected chi connectivity index (χ1v) is 8.25. The normalized spacial score (nSPS) is 11.6. The van der Waals surface area contributed by atoms with Gasteiger partial charge in [-0.2, -0.15) is 0 Å². The van der Waals surface area contributed by atoms with Gasteiger partial charge in [-0.3, -0.25) is 14.8 Å². The number of hydrogen-bond donors (Lipinski definition) is 3. The van der Waals surface area contributed by atoms with E-state index in [9.17, 15) is 4.79 Å². The SMILES string of the molecule is C[C@H](Nc1cncc(Cl)n1)c1cccc(NC(=O)c2cncc(N)c2)c1. The fraction of sp³-hybridized carbons (Fsp3) is 0.111. The summed E-state index contributed by atoms with van der Waals surface area (Å²) >= 11 is 5.85. The number of halogens is 1. The molecule has 132 valence electrons. The summed E-state index contributed by atoms with van der Waals surface area (Å²) in [4.78, 5) is 24.4. The van der Waals surface area contributed by atoms with Gasteiger partial charge in [0.25, 0.3) is 5.91 Å². The average molecular weight is 369 g/mol. The number of rotatable bonds is 5. The first kappa shape index (κ1) is 17.6. The van der Waals surface area contributed by atoms with Gasteiger partial charge in [0, 0.05) is 18.1 Å². The van der Waals surface area contributed by atoms with Crippen molar-refractivity contribution < 1.29 is 4.79 Å². The van der Waals surface area contributed by atoms with Gasteiger partial charge in [0.05, 0.1) is 29.7 Å². The number of anilines is 3. The molecule has 0 aliphatic heterocycles. The minimum absolute atomic E-state index is 0.0614. The summed E-state index contributed by atoms with van der Waals surface area (Å²) in [6.45, 7) is 1.98. The summed E-state index contributed by atoms with van der Waals surface area (Å²) in [6, 6.07) is 9.03. The molecule has 7 nitrogen and oxygen atoms in total. The third-order valence-electron chi connectivity index (χ3n) is 3.64. The summed E-state index contributed by atoms with van der Waals surface area (Å²) in [6.07, 6.45) is 6.03. The number of aromatic nitrogens is 3. The minimum atomic E-state index is -0.275. The smallest absolute Gasteiger partial charge is 0.257 e. The monoisotopic (exact) mass is 368 g/mol. The van der Waals surface area contributed by atoms with Crippen LogP contribution in [0.5, 0.6) is 0 Å². The van der Waals surface area contributed by atoms with E-state index in [2.05, 4.69) is 25.6 Å². The maximum atomic E-state index is 12.3. The Labute approximate surface area is 155 Å². The van der Waals surface area contributed by atoms with Crippen LogP contribution in [0.2, 0.25) is 5.15 Å². The van der Waals surface area contributed by atoms with Crippen molar-refractivity contribution in [3.8, 4) is 0 Å². The largest absolute Gasteiger partial charge is 0.397 e. The Hall–Kier alpha value is -3.19. The third-order valence-corrected chi connectivity index (χ3v) is 3.82. The molecule has 0 fully saturated rings. The Bertz CT molecular complexity index is 933. The Kier molecular flexibility index (Phi) is 5.28. The third kappa shape index (κ3) is 4.46. The van der Waals surface area contributed by atoms with Crippen molar-refractivity contribution in [1.82, 2.24) is 15.0 Å². The first-order valence-electron chi connectivity index (χ1n) is 7.87. The van der Waals surface area contributed by atoms with E-state index in [0.717, 1.165) is 5.56 Å². The van der Waals surface area contributed by atoms with Crippen LogP contribution in [-0.4, -0.2) is 20.9 Å². The molecule has 0 aliphatic carbocycles. The van der Waals surface area contributed by atoms with Crippen molar-refractivity contribution in [3.05, 3.63) is 71.4 Å². The molecule has 2 heterocycles. The van der Waals surface area contributed by atoms with Crippen LogP contribution in [-0.2, 0) is 0 Å². The molecule has 0 saturated carbocycles. The van der Waals surface area contributed by atoms with Gasteiger partial charge >= 0.3 is 0 Å². The Morgan fingerprint density at radius 2 is 1.96 bits per heavy atom. The lowest BCUT2D eigenvalue weighted by Crippen LogP contribution is -2.13. The van der Waals surface area contributed by atoms with Gasteiger partial charge in [0.15, 0.2) is 0 Å². The predicted molar refractivity (Wildman–Crippen MR) is 102 cm³/mol. The molecular formula is C18H17ClN6O. The highest BCUT2D eigenvalue weighted by Crippen LogP contribution is 2.21. The van der Waals surface area contributed by atoms with Gasteiger partial charge in [0.2, 0.25) is 0 Å². The number of nitrogens with two attached hydrogens (primary N) is 1.